The number of rotatable bonds is 4. The summed E-state index contributed by atoms with van der Waals surface area (Å²) in [6, 6.07) is 6.44. The maximum absolute atomic E-state index is 13.2. The monoisotopic (exact) mass is 387 g/mol. The minimum Gasteiger partial charge on any atom is -0.391 e. The summed E-state index contributed by atoms with van der Waals surface area (Å²) in [5, 5.41) is 14.5. The van der Waals surface area contributed by atoms with Gasteiger partial charge in [0.25, 0.3) is 0 Å². The summed E-state index contributed by atoms with van der Waals surface area (Å²) < 4.78 is 34.2. The van der Waals surface area contributed by atoms with E-state index in [0.717, 1.165) is 12.0 Å². The standard InChI is InChI=1S/C19H21N3O4S/c1-11-19(12(2)26-21-11)13-9-16-14(5-4-8-20-16)18(10-13)27(24,25)22-15-6-3-7-17(15)23/h4-5,8-10,15,17,22-23H,3,6-7H2,1-2H3/t15-,17+/m1/s1. The summed E-state index contributed by atoms with van der Waals surface area (Å²) in [4.78, 5) is 4.48. The lowest BCUT2D eigenvalue weighted by molar-refractivity contribution is 0.159. The number of nitrogens with zero attached hydrogens (tertiary/aromatic N) is 2. The average molecular weight is 387 g/mol. The lowest BCUT2D eigenvalue weighted by Gasteiger charge is -2.18. The first-order valence-corrected chi connectivity index (χ1v) is 10.4. The SMILES string of the molecule is Cc1noc(C)c1-c1cc(S(=O)(=O)N[C@@H]2CCC[C@@H]2O)c2cccnc2c1. The zero-order chi connectivity index (χ0) is 19.2. The van der Waals surface area contributed by atoms with E-state index in [1.807, 2.05) is 13.0 Å². The minimum atomic E-state index is -3.84. The molecule has 1 saturated carbocycles. The first-order chi connectivity index (χ1) is 12.9. The lowest BCUT2D eigenvalue weighted by atomic mass is 10.0. The Balaban J connectivity index is 1.89. The topological polar surface area (TPSA) is 105 Å². The third kappa shape index (κ3) is 3.24. The van der Waals surface area contributed by atoms with Crippen LogP contribution < -0.4 is 4.72 Å². The first-order valence-electron chi connectivity index (χ1n) is 8.89. The van der Waals surface area contributed by atoms with Gasteiger partial charge in [-0.25, -0.2) is 13.1 Å². The summed E-state index contributed by atoms with van der Waals surface area (Å²) in [7, 11) is -3.84. The van der Waals surface area contributed by atoms with Gasteiger partial charge in [-0.1, -0.05) is 5.16 Å². The van der Waals surface area contributed by atoms with Crippen molar-refractivity contribution in [2.75, 3.05) is 0 Å². The number of aromatic nitrogens is 2. The molecule has 142 valence electrons. The first kappa shape index (κ1) is 18.1. The number of hydrogen-bond acceptors (Lipinski definition) is 6. The smallest absolute Gasteiger partial charge is 0.241 e. The molecule has 0 amide bonds. The second-order valence-electron chi connectivity index (χ2n) is 6.97. The molecule has 0 saturated heterocycles. The zero-order valence-corrected chi connectivity index (χ0v) is 16.0. The third-order valence-electron chi connectivity index (χ3n) is 5.08. The van der Waals surface area contributed by atoms with E-state index < -0.39 is 22.2 Å². The van der Waals surface area contributed by atoms with E-state index in [0.29, 0.717) is 40.8 Å². The maximum atomic E-state index is 13.2. The van der Waals surface area contributed by atoms with Gasteiger partial charge in [-0.2, -0.15) is 0 Å². The maximum Gasteiger partial charge on any atom is 0.241 e. The summed E-state index contributed by atoms with van der Waals surface area (Å²) in [5.74, 6) is 0.616. The second kappa shape index (κ2) is 6.70. The van der Waals surface area contributed by atoms with Crippen LogP contribution in [0, 0.1) is 13.8 Å². The van der Waals surface area contributed by atoms with Gasteiger partial charge in [0.15, 0.2) is 0 Å². The number of fused-ring (bicyclic) bond motifs is 1. The van der Waals surface area contributed by atoms with E-state index in [1.165, 1.54) is 0 Å². The van der Waals surface area contributed by atoms with Crippen molar-refractivity contribution in [3.8, 4) is 11.1 Å². The van der Waals surface area contributed by atoms with E-state index in [9.17, 15) is 13.5 Å². The van der Waals surface area contributed by atoms with Crippen LogP contribution in [0.2, 0.25) is 0 Å². The van der Waals surface area contributed by atoms with E-state index in [1.54, 1.807) is 31.3 Å². The number of aliphatic hydroxyl groups excluding tert-OH is 1. The molecule has 2 heterocycles. The molecular formula is C19H21N3O4S. The molecule has 1 aliphatic rings. The molecule has 1 aliphatic carbocycles. The van der Waals surface area contributed by atoms with Crippen LogP contribution >= 0.6 is 0 Å². The van der Waals surface area contributed by atoms with Gasteiger partial charge in [-0.15, -0.1) is 0 Å². The molecule has 7 nitrogen and oxygen atoms in total. The number of benzene rings is 1. The molecule has 2 N–H and O–H groups in total. The minimum absolute atomic E-state index is 0.141. The van der Waals surface area contributed by atoms with Crippen LogP contribution in [-0.2, 0) is 10.0 Å². The molecule has 4 rings (SSSR count). The molecule has 2 atom stereocenters. The zero-order valence-electron chi connectivity index (χ0n) is 15.1. The van der Waals surface area contributed by atoms with Gasteiger partial charge < -0.3 is 9.63 Å². The molecule has 0 radical (unpaired) electrons. The van der Waals surface area contributed by atoms with Crippen molar-refractivity contribution in [1.29, 1.82) is 0 Å². The lowest BCUT2D eigenvalue weighted by Crippen LogP contribution is -2.39. The molecular weight excluding hydrogens is 366 g/mol. The molecule has 0 spiro atoms. The van der Waals surface area contributed by atoms with E-state index in [-0.39, 0.29) is 4.90 Å². The van der Waals surface area contributed by atoms with Crippen molar-refractivity contribution in [2.45, 2.75) is 50.2 Å². The predicted molar refractivity (Wildman–Crippen MR) is 101 cm³/mol. The number of hydrogen-bond donors (Lipinski definition) is 2. The fourth-order valence-electron chi connectivity index (χ4n) is 3.75. The van der Waals surface area contributed by atoms with Gasteiger partial charge in [0, 0.05) is 23.2 Å². The van der Waals surface area contributed by atoms with Crippen molar-refractivity contribution >= 4 is 20.9 Å². The third-order valence-corrected chi connectivity index (χ3v) is 6.61. The van der Waals surface area contributed by atoms with Crippen LogP contribution in [-0.4, -0.2) is 35.8 Å². The molecule has 0 aliphatic heterocycles. The highest BCUT2D eigenvalue weighted by molar-refractivity contribution is 7.89. The van der Waals surface area contributed by atoms with Crippen LogP contribution in [0.25, 0.3) is 22.0 Å². The van der Waals surface area contributed by atoms with Gasteiger partial charge in [0.05, 0.1) is 22.2 Å². The van der Waals surface area contributed by atoms with Crippen molar-refractivity contribution in [2.24, 2.45) is 0 Å². The van der Waals surface area contributed by atoms with E-state index in [2.05, 4.69) is 14.9 Å². The molecule has 27 heavy (non-hydrogen) atoms. The molecule has 0 bridgehead atoms. The van der Waals surface area contributed by atoms with Gasteiger partial charge >= 0.3 is 0 Å². The number of pyridine rings is 1. The number of nitrogens with one attached hydrogen (secondary N) is 1. The average Bonchev–Trinajstić information content (AvgIpc) is 3.18. The second-order valence-corrected chi connectivity index (χ2v) is 8.65. The van der Waals surface area contributed by atoms with Gasteiger partial charge in [-0.05, 0) is 62.9 Å². The van der Waals surface area contributed by atoms with Gasteiger partial charge in [0.1, 0.15) is 5.76 Å². The summed E-state index contributed by atoms with van der Waals surface area (Å²) in [5.41, 5.74) is 2.71. The summed E-state index contributed by atoms with van der Waals surface area (Å²) in [6.45, 7) is 3.61. The van der Waals surface area contributed by atoms with Gasteiger partial charge in [0.2, 0.25) is 10.0 Å². The Hall–Kier alpha value is -2.29. The van der Waals surface area contributed by atoms with Crippen molar-refractivity contribution in [1.82, 2.24) is 14.9 Å². The van der Waals surface area contributed by atoms with Crippen LogP contribution in [0.3, 0.4) is 0 Å². The number of aliphatic hydroxyl groups is 1. The Morgan fingerprint density at radius 2 is 2.07 bits per heavy atom. The number of aryl methyl sites for hydroxylation is 2. The summed E-state index contributed by atoms with van der Waals surface area (Å²) >= 11 is 0. The Kier molecular flexibility index (Phi) is 4.49. The Morgan fingerprint density at radius 1 is 1.26 bits per heavy atom. The highest BCUT2D eigenvalue weighted by atomic mass is 32.2. The molecule has 2 aromatic heterocycles. The van der Waals surface area contributed by atoms with Crippen LogP contribution in [0.1, 0.15) is 30.7 Å². The van der Waals surface area contributed by atoms with E-state index >= 15 is 0 Å². The highest BCUT2D eigenvalue weighted by Gasteiger charge is 2.31. The Labute approximate surface area is 157 Å². The fourth-order valence-corrected chi connectivity index (χ4v) is 5.30. The van der Waals surface area contributed by atoms with Crippen molar-refractivity contribution < 1.29 is 18.0 Å². The number of sulfonamides is 1. The van der Waals surface area contributed by atoms with Gasteiger partial charge in [-0.3, -0.25) is 4.98 Å². The molecule has 1 fully saturated rings. The molecule has 8 heteroatoms. The predicted octanol–water partition coefficient (Wildman–Crippen LogP) is 2.70. The largest absolute Gasteiger partial charge is 0.391 e. The highest BCUT2D eigenvalue weighted by Crippen LogP contribution is 2.33. The van der Waals surface area contributed by atoms with Crippen molar-refractivity contribution in [3.05, 3.63) is 41.9 Å². The fraction of sp³-hybridized carbons (Fsp3) is 0.368. The normalized spacial score (nSPS) is 20.4. The van der Waals surface area contributed by atoms with Crippen LogP contribution in [0.15, 0.2) is 39.9 Å². The molecule has 0 unspecified atom stereocenters. The molecule has 3 aromatic rings. The summed E-state index contributed by atoms with van der Waals surface area (Å²) in [6.07, 6.45) is 3.00. The van der Waals surface area contributed by atoms with Crippen LogP contribution in [0.5, 0.6) is 0 Å². The van der Waals surface area contributed by atoms with E-state index in [4.69, 9.17) is 4.52 Å². The quantitative estimate of drug-likeness (QED) is 0.713. The Morgan fingerprint density at radius 3 is 2.74 bits per heavy atom. The molecule has 1 aromatic carbocycles. The van der Waals surface area contributed by atoms with Crippen molar-refractivity contribution in [3.63, 3.8) is 0 Å². The Bertz CT molecular complexity index is 1090. The van der Waals surface area contributed by atoms with Crippen LogP contribution in [0.4, 0.5) is 0 Å².